The van der Waals surface area contributed by atoms with Gasteiger partial charge in [0.05, 0.1) is 11.0 Å². The van der Waals surface area contributed by atoms with Crippen LogP contribution in [-0.2, 0) is 0 Å². The highest BCUT2D eigenvalue weighted by Crippen LogP contribution is 2.24. The summed E-state index contributed by atoms with van der Waals surface area (Å²) in [6, 6.07) is 16.2. The Labute approximate surface area is 153 Å². The molecule has 134 valence electrons. The molecule has 4 rings (SSSR count). The van der Waals surface area contributed by atoms with Gasteiger partial charge in [0.2, 0.25) is 0 Å². The molecule has 3 aromatic rings. The van der Waals surface area contributed by atoms with Gasteiger partial charge in [0.25, 0.3) is 5.91 Å². The van der Waals surface area contributed by atoms with E-state index in [2.05, 4.69) is 39.1 Å². The highest BCUT2D eigenvalue weighted by molar-refractivity contribution is 5.97. The number of anilines is 1. The predicted molar refractivity (Wildman–Crippen MR) is 105 cm³/mol. The molecule has 0 spiro atoms. The molecule has 2 heterocycles. The van der Waals surface area contributed by atoms with Crippen molar-refractivity contribution < 1.29 is 4.79 Å². The van der Waals surface area contributed by atoms with Gasteiger partial charge >= 0.3 is 0 Å². The summed E-state index contributed by atoms with van der Waals surface area (Å²) >= 11 is 0. The summed E-state index contributed by atoms with van der Waals surface area (Å²) in [5, 5.41) is 0. The molecule has 26 heavy (non-hydrogen) atoms. The second-order valence-electron chi connectivity index (χ2n) is 7.18. The first-order chi connectivity index (χ1) is 12.6. The first-order valence-corrected chi connectivity index (χ1v) is 9.12. The molecule has 1 fully saturated rings. The average Bonchev–Trinajstić information content (AvgIpc) is 3.26. The molecule has 1 atom stereocenters. The summed E-state index contributed by atoms with van der Waals surface area (Å²) in [5.74, 6) is 1.43. The maximum absolute atomic E-state index is 12.8. The van der Waals surface area contributed by atoms with Crippen molar-refractivity contribution in [3.63, 3.8) is 0 Å². The van der Waals surface area contributed by atoms with Gasteiger partial charge in [-0.2, -0.15) is 0 Å². The lowest BCUT2D eigenvalue weighted by atomic mass is 10.1. The van der Waals surface area contributed by atoms with Crippen LogP contribution >= 0.6 is 0 Å². The summed E-state index contributed by atoms with van der Waals surface area (Å²) in [6.07, 6.45) is 1.12. The van der Waals surface area contributed by atoms with Crippen LogP contribution in [0.4, 0.5) is 5.69 Å². The van der Waals surface area contributed by atoms with Crippen molar-refractivity contribution >= 4 is 22.6 Å². The number of benzene rings is 2. The number of nitrogens with one attached hydrogen (secondary N) is 1. The fraction of sp³-hybridized carbons (Fsp3) is 0.333. The molecule has 1 unspecified atom stereocenters. The number of aryl methyl sites for hydroxylation is 1. The van der Waals surface area contributed by atoms with E-state index in [9.17, 15) is 4.79 Å². The highest BCUT2D eigenvalue weighted by Gasteiger charge is 2.25. The Balaban J connectivity index is 1.41. The van der Waals surface area contributed by atoms with E-state index >= 15 is 0 Å². The quantitative estimate of drug-likeness (QED) is 0.785. The smallest absolute Gasteiger partial charge is 0.253 e. The number of carbonyl (C=O) groups excluding carboxylic acids is 1. The van der Waals surface area contributed by atoms with E-state index in [-0.39, 0.29) is 5.91 Å². The molecule has 0 radical (unpaired) electrons. The molecule has 2 aromatic carbocycles. The maximum Gasteiger partial charge on any atom is 0.253 e. The molecule has 0 saturated carbocycles. The standard InChI is InChI=1S/C21H24N4O/c1-15-22-19-9-8-17(12-20(19)23-15)21(26)24(2)13-16-10-11-25(14-16)18-6-4-3-5-7-18/h3-9,12,16H,10-11,13-14H2,1-2H3,(H,22,23). The number of carbonyl (C=O) groups is 1. The average molecular weight is 348 g/mol. The van der Waals surface area contributed by atoms with Crippen molar-refractivity contribution in [3.05, 3.63) is 59.9 Å². The van der Waals surface area contributed by atoms with Gasteiger partial charge in [0.1, 0.15) is 5.82 Å². The van der Waals surface area contributed by atoms with E-state index in [1.54, 1.807) is 0 Å². The van der Waals surface area contributed by atoms with Crippen LogP contribution in [0.15, 0.2) is 48.5 Å². The number of fused-ring (bicyclic) bond motifs is 1. The van der Waals surface area contributed by atoms with E-state index in [0.29, 0.717) is 11.5 Å². The van der Waals surface area contributed by atoms with Crippen LogP contribution < -0.4 is 4.90 Å². The maximum atomic E-state index is 12.8. The Morgan fingerprint density at radius 1 is 1.27 bits per heavy atom. The van der Waals surface area contributed by atoms with Gasteiger partial charge < -0.3 is 14.8 Å². The number of hydrogen-bond acceptors (Lipinski definition) is 3. The van der Waals surface area contributed by atoms with E-state index in [1.165, 1.54) is 5.69 Å². The van der Waals surface area contributed by atoms with E-state index in [4.69, 9.17) is 0 Å². The lowest BCUT2D eigenvalue weighted by molar-refractivity contribution is 0.0776. The third kappa shape index (κ3) is 3.29. The van der Waals surface area contributed by atoms with Crippen LogP contribution in [0.3, 0.4) is 0 Å². The summed E-state index contributed by atoms with van der Waals surface area (Å²) < 4.78 is 0. The van der Waals surface area contributed by atoms with Crippen LogP contribution in [0.5, 0.6) is 0 Å². The SMILES string of the molecule is Cc1nc2ccc(C(=O)N(C)CC3CCN(c4ccccc4)C3)cc2[nH]1. The normalized spacial score (nSPS) is 17.0. The summed E-state index contributed by atoms with van der Waals surface area (Å²) in [5.41, 5.74) is 3.79. The molecule has 0 aliphatic carbocycles. The molecular formula is C21H24N4O. The zero-order chi connectivity index (χ0) is 18.1. The van der Waals surface area contributed by atoms with Gasteiger partial charge in [0.15, 0.2) is 0 Å². The van der Waals surface area contributed by atoms with Crippen LogP contribution in [0.25, 0.3) is 11.0 Å². The summed E-state index contributed by atoms with van der Waals surface area (Å²) in [6.45, 7) is 4.75. The first kappa shape index (κ1) is 16.6. The number of hydrogen-bond donors (Lipinski definition) is 1. The Morgan fingerprint density at radius 3 is 2.88 bits per heavy atom. The number of H-pyrrole nitrogens is 1. The van der Waals surface area contributed by atoms with Gasteiger partial charge in [-0.05, 0) is 49.6 Å². The van der Waals surface area contributed by atoms with Gasteiger partial charge in [-0.25, -0.2) is 4.98 Å². The van der Waals surface area contributed by atoms with E-state index < -0.39 is 0 Å². The van der Waals surface area contributed by atoms with Crippen molar-refractivity contribution in [2.75, 3.05) is 31.6 Å². The topological polar surface area (TPSA) is 52.2 Å². The minimum absolute atomic E-state index is 0.0670. The summed E-state index contributed by atoms with van der Waals surface area (Å²) in [4.78, 5) is 24.7. The number of aromatic nitrogens is 2. The lowest BCUT2D eigenvalue weighted by Gasteiger charge is -2.22. The monoisotopic (exact) mass is 348 g/mol. The van der Waals surface area contributed by atoms with Crippen molar-refractivity contribution in [3.8, 4) is 0 Å². The van der Waals surface area contributed by atoms with Gasteiger partial charge in [-0.15, -0.1) is 0 Å². The molecule has 1 aliphatic rings. The second-order valence-corrected chi connectivity index (χ2v) is 7.18. The molecule has 1 aliphatic heterocycles. The zero-order valence-corrected chi connectivity index (χ0v) is 15.3. The van der Waals surface area contributed by atoms with Crippen LogP contribution in [0.1, 0.15) is 22.6 Å². The minimum atomic E-state index is 0.0670. The highest BCUT2D eigenvalue weighted by atomic mass is 16.2. The number of nitrogens with zero attached hydrogens (tertiary/aromatic N) is 3. The Bertz CT molecular complexity index is 918. The van der Waals surface area contributed by atoms with Crippen molar-refractivity contribution in [2.24, 2.45) is 5.92 Å². The number of para-hydroxylation sites is 1. The number of amides is 1. The Hall–Kier alpha value is -2.82. The molecule has 5 heteroatoms. The van der Waals surface area contributed by atoms with Crippen LogP contribution in [0.2, 0.25) is 0 Å². The minimum Gasteiger partial charge on any atom is -0.371 e. The number of aromatic amines is 1. The van der Waals surface area contributed by atoms with E-state index in [0.717, 1.165) is 42.9 Å². The number of rotatable bonds is 4. The van der Waals surface area contributed by atoms with Crippen molar-refractivity contribution in [2.45, 2.75) is 13.3 Å². The zero-order valence-electron chi connectivity index (χ0n) is 15.3. The van der Waals surface area contributed by atoms with Crippen LogP contribution in [-0.4, -0.2) is 47.5 Å². The molecule has 1 saturated heterocycles. The Morgan fingerprint density at radius 2 is 2.08 bits per heavy atom. The third-order valence-corrected chi connectivity index (χ3v) is 5.13. The third-order valence-electron chi connectivity index (χ3n) is 5.13. The van der Waals surface area contributed by atoms with Crippen molar-refractivity contribution in [1.29, 1.82) is 0 Å². The Kier molecular flexibility index (Phi) is 4.37. The molecular weight excluding hydrogens is 324 g/mol. The van der Waals surface area contributed by atoms with Gasteiger partial charge in [0, 0.05) is 37.9 Å². The van der Waals surface area contributed by atoms with Crippen molar-refractivity contribution in [1.82, 2.24) is 14.9 Å². The molecule has 1 amide bonds. The molecule has 1 N–H and O–H groups in total. The van der Waals surface area contributed by atoms with Gasteiger partial charge in [-0.1, -0.05) is 18.2 Å². The molecule has 1 aromatic heterocycles. The second kappa shape index (κ2) is 6.83. The number of imidazole rings is 1. The molecule has 0 bridgehead atoms. The largest absolute Gasteiger partial charge is 0.371 e. The first-order valence-electron chi connectivity index (χ1n) is 9.12. The van der Waals surface area contributed by atoms with E-state index in [1.807, 2.05) is 43.1 Å². The predicted octanol–water partition coefficient (Wildman–Crippen LogP) is 3.47. The van der Waals surface area contributed by atoms with Crippen LogP contribution in [0, 0.1) is 12.8 Å². The molecule has 5 nitrogen and oxygen atoms in total. The lowest BCUT2D eigenvalue weighted by Crippen LogP contribution is -2.33. The fourth-order valence-corrected chi connectivity index (χ4v) is 3.82. The fourth-order valence-electron chi connectivity index (χ4n) is 3.82. The van der Waals surface area contributed by atoms with Gasteiger partial charge in [-0.3, -0.25) is 4.79 Å². The summed E-state index contributed by atoms with van der Waals surface area (Å²) in [7, 11) is 1.90.